The van der Waals surface area contributed by atoms with Crippen LogP contribution in [0.5, 0.6) is 0 Å². The van der Waals surface area contributed by atoms with Crippen molar-refractivity contribution in [3.8, 4) is 11.1 Å². The van der Waals surface area contributed by atoms with Gasteiger partial charge in [-0.3, -0.25) is 0 Å². The summed E-state index contributed by atoms with van der Waals surface area (Å²) in [5.74, 6) is 0.513. The SMILES string of the molecule is CC1=CC(C)[C](/[Zr+2](=[C](/C)c2ccccc2)[CH]2c3cc4c(cc3-c3cc5c(cc32)C(C)(C)CC=C5C)C(C)=CCC4(C)C)=C1.[Cl-].[Cl-]. The number of hydrogen-bond acceptors (Lipinski definition) is 0. The Bertz CT molecular complexity index is 1770. The molecule has 0 saturated carbocycles. The van der Waals surface area contributed by atoms with Crippen LogP contribution in [0.3, 0.4) is 0 Å². The van der Waals surface area contributed by atoms with Crippen molar-refractivity contribution in [3.63, 3.8) is 0 Å². The molecule has 0 saturated heterocycles. The first-order chi connectivity index (χ1) is 20.4. The van der Waals surface area contributed by atoms with E-state index in [9.17, 15) is 0 Å². The third-order valence-corrected chi connectivity index (χ3v) is 19.7. The minimum absolute atomic E-state index is 0. The summed E-state index contributed by atoms with van der Waals surface area (Å²) in [5.41, 5.74) is 18.3. The molecule has 3 aromatic rings. The number of hydrogen-bond donors (Lipinski definition) is 0. The average Bonchev–Trinajstić information content (AvgIpc) is 3.47. The third-order valence-electron chi connectivity index (χ3n) is 11.0. The van der Waals surface area contributed by atoms with Crippen LogP contribution < -0.4 is 24.8 Å². The van der Waals surface area contributed by atoms with Crippen molar-refractivity contribution in [2.75, 3.05) is 0 Å². The smallest absolute Gasteiger partial charge is 1.00 e. The molecule has 0 spiro atoms. The molecular formula is C42H46Cl2Zr. The molecule has 0 amide bonds. The van der Waals surface area contributed by atoms with Gasteiger partial charge in [-0.2, -0.15) is 0 Å². The minimum Gasteiger partial charge on any atom is -1.00 e. The second-order valence-electron chi connectivity index (χ2n) is 15.1. The summed E-state index contributed by atoms with van der Waals surface area (Å²) in [4.78, 5) is 0. The molecule has 0 aromatic heterocycles. The standard InChI is InChI=1S/C27H29.C8H8.C7H9.2ClH.Zr/c1-16-7-9-26(3,4)24-12-18-11-19-13-25-21(17(2)8-10-27(25,5)6)15-23(19)22(18)14-20(16)24;1-2-8-6-4-3-5-7-8;1-6-3-4-7(2)5-6;;;/h7-8,11-15H,9-10H2,1-6H3;3-7H,1H3;3,5,7H,1-2H3;2*1H;/q;;;;;+2/p-2. The van der Waals surface area contributed by atoms with Gasteiger partial charge in [0, 0.05) is 0 Å². The maximum atomic E-state index is 2.69. The molecule has 4 aliphatic rings. The summed E-state index contributed by atoms with van der Waals surface area (Å²) in [7, 11) is 0. The van der Waals surface area contributed by atoms with Gasteiger partial charge in [-0.25, -0.2) is 0 Å². The van der Waals surface area contributed by atoms with E-state index in [1.807, 2.05) is 0 Å². The molecule has 45 heavy (non-hydrogen) atoms. The predicted molar refractivity (Wildman–Crippen MR) is 184 cm³/mol. The van der Waals surface area contributed by atoms with E-state index in [0.717, 1.165) is 12.8 Å². The zero-order chi connectivity index (χ0) is 30.4. The fourth-order valence-corrected chi connectivity index (χ4v) is 17.5. The van der Waals surface area contributed by atoms with Crippen molar-refractivity contribution in [2.45, 2.75) is 89.6 Å². The van der Waals surface area contributed by atoms with Crippen molar-refractivity contribution < 1.29 is 46.1 Å². The van der Waals surface area contributed by atoms with Gasteiger partial charge >= 0.3 is 269 Å². The van der Waals surface area contributed by atoms with Crippen LogP contribution in [0.25, 0.3) is 22.3 Å². The summed E-state index contributed by atoms with van der Waals surface area (Å²) in [6, 6.07) is 21.9. The molecule has 0 aliphatic heterocycles. The van der Waals surface area contributed by atoms with Gasteiger partial charge in [0.1, 0.15) is 0 Å². The molecule has 1 atom stereocenters. The number of halogens is 2. The quantitative estimate of drug-likeness (QED) is 0.348. The van der Waals surface area contributed by atoms with E-state index >= 15 is 0 Å². The molecule has 4 aliphatic carbocycles. The van der Waals surface area contributed by atoms with Crippen molar-refractivity contribution in [1.29, 1.82) is 0 Å². The normalized spacial score (nSPS) is 20.6. The van der Waals surface area contributed by atoms with E-state index < -0.39 is 21.3 Å². The molecule has 232 valence electrons. The van der Waals surface area contributed by atoms with Crippen LogP contribution >= 0.6 is 0 Å². The van der Waals surface area contributed by atoms with Gasteiger partial charge < -0.3 is 24.8 Å². The molecule has 0 bridgehead atoms. The number of allylic oxidation sites excluding steroid dienone is 8. The van der Waals surface area contributed by atoms with Crippen LogP contribution in [-0.2, 0) is 32.1 Å². The van der Waals surface area contributed by atoms with Crippen LogP contribution in [-0.4, -0.2) is 3.21 Å². The molecule has 0 nitrogen and oxygen atoms in total. The Balaban J connectivity index is 0.00000200. The largest absolute Gasteiger partial charge is 1.00 e. The van der Waals surface area contributed by atoms with Crippen molar-refractivity contribution in [2.24, 2.45) is 5.92 Å². The molecular weight excluding hydrogens is 667 g/mol. The molecule has 3 aromatic carbocycles. The van der Waals surface area contributed by atoms with E-state index in [1.54, 1.807) is 28.7 Å². The van der Waals surface area contributed by atoms with Crippen molar-refractivity contribution >= 4 is 14.4 Å². The Hall–Kier alpha value is -2.05. The van der Waals surface area contributed by atoms with E-state index in [-0.39, 0.29) is 35.6 Å². The zero-order valence-electron chi connectivity index (χ0n) is 28.3. The fourth-order valence-electron chi connectivity index (χ4n) is 8.36. The number of fused-ring (bicyclic) bond motifs is 5. The Labute approximate surface area is 291 Å². The fraction of sp³-hybridized carbons (Fsp3) is 0.357. The Morgan fingerprint density at radius 3 is 1.64 bits per heavy atom. The Morgan fingerprint density at radius 1 is 0.711 bits per heavy atom. The molecule has 3 heteroatoms. The van der Waals surface area contributed by atoms with Crippen molar-refractivity contribution in [3.05, 3.63) is 127 Å². The van der Waals surface area contributed by atoms with Crippen molar-refractivity contribution in [1.82, 2.24) is 0 Å². The first-order valence-electron chi connectivity index (χ1n) is 16.3. The van der Waals surface area contributed by atoms with Crippen LogP contribution in [0.2, 0.25) is 0 Å². The molecule has 1 unspecified atom stereocenters. The molecule has 0 heterocycles. The number of rotatable bonds is 3. The molecule has 7 rings (SSSR count). The monoisotopic (exact) mass is 710 g/mol. The third kappa shape index (κ3) is 5.54. The molecule has 0 N–H and O–H groups in total. The van der Waals surface area contributed by atoms with Gasteiger partial charge in [0.2, 0.25) is 0 Å². The topological polar surface area (TPSA) is 0 Å². The summed E-state index contributed by atoms with van der Waals surface area (Å²) < 4.78 is 3.90. The van der Waals surface area contributed by atoms with Gasteiger partial charge in [-0.1, -0.05) is 0 Å². The molecule has 0 fully saturated rings. The summed E-state index contributed by atoms with van der Waals surface area (Å²) >= 11 is -2.56. The van der Waals surface area contributed by atoms with Crippen LogP contribution in [0.4, 0.5) is 0 Å². The van der Waals surface area contributed by atoms with Gasteiger partial charge in [0.15, 0.2) is 0 Å². The molecule has 0 radical (unpaired) electrons. The maximum Gasteiger partial charge on any atom is -1.00 e. The van der Waals surface area contributed by atoms with E-state index in [1.165, 1.54) is 44.5 Å². The van der Waals surface area contributed by atoms with Gasteiger partial charge in [0.25, 0.3) is 0 Å². The van der Waals surface area contributed by atoms with E-state index in [0.29, 0.717) is 9.54 Å². The average molecular weight is 713 g/mol. The van der Waals surface area contributed by atoms with Crippen LogP contribution in [0.15, 0.2) is 87.8 Å². The second kappa shape index (κ2) is 12.2. The summed E-state index contributed by atoms with van der Waals surface area (Å²) in [5, 5.41) is 0. The van der Waals surface area contributed by atoms with Gasteiger partial charge in [-0.15, -0.1) is 0 Å². The van der Waals surface area contributed by atoms with Gasteiger partial charge in [-0.05, 0) is 0 Å². The Morgan fingerprint density at radius 2 is 1.20 bits per heavy atom. The summed E-state index contributed by atoms with van der Waals surface area (Å²) in [6.45, 7) is 21.7. The minimum atomic E-state index is -2.56. The first-order valence-corrected chi connectivity index (χ1v) is 20.1. The predicted octanol–water partition coefficient (Wildman–Crippen LogP) is 5.27. The van der Waals surface area contributed by atoms with E-state index in [4.69, 9.17) is 0 Å². The van der Waals surface area contributed by atoms with Crippen LogP contribution in [0.1, 0.15) is 118 Å². The first kappa shape index (κ1) is 34.3. The number of benzene rings is 3. The second-order valence-corrected chi connectivity index (χ2v) is 21.8. The van der Waals surface area contributed by atoms with Crippen LogP contribution in [0, 0.1) is 5.92 Å². The summed E-state index contributed by atoms with van der Waals surface area (Å²) in [6.07, 6.45) is 12.3. The van der Waals surface area contributed by atoms with Gasteiger partial charge in [0.05, 0.1) is 0 Å². The zero-order valence-corrected chi connectivity index (χ0v) is 32.3. The Kier molecular flexibility index (Phi) is 9.29. The van der Waals surface area contributed by atoms with E-state index in [2.05, 4.69) is 141 Å². The maximum absolute atomic E-state index is 2.69.